The zero-order valence-electron chi connectivity index (χ0n) is 11.8. The van der Waals surface area contributed by atoms with Crippen LogP contribution in [0.1, 0.15) is 24.9 Å². The molecule has 0 bridgehead atoms. The van der Waals surface area contributed by atoms with Gasteiger partial charge in [0, 0.05) is 12.1 Å². The van der Waals surface area contributed by atoms with Crippen LogP contribution in [0.3, 0.4) is 0 Å². The lowest BCUT2D eigenvalue weighted by atomic mass is 10.0. The fourth-order valence-corrected chi connectivity index (χ4v) is 2.23. The van der Waals surface area contributed by atoms with Gasteiger partial charge in [0.1, 0.15) is 0 Å². The zero-order chi connectivity index (χ0) is 15.2. The Hall–Kier alpha value is -2.62. The molecule has 2 aromatic rings. The quantitative estimate of drug-likeness (QED) is 0.916. The third-order valence-electron chi connectivity index (χ3n) is 3.21. The molecule has 2 aromatic carbocycles. The first-order chi connectivity index (χ1) is 10.1. The van der Waals surface area contributed by atoms with Gasteiger partial charge in [-0.3, -0.25) is 9.69 Å². The van der Waals surface area contributed by atoms with Crippen LogP contribution in [0.4, 0.5) is 5.69 Å². The molecule has 0 radical (unpaired) electrons. The summed E-state index contributed by atoms with van der Waals surface area (Å²) in [6, 6.07) is 16.7. The van der Waals surface area contributed by atoms with E-state index in [-0.39, 0.29) is 12.3 Å². The third kappa shape index (κ3) is 3.28. The highest BCUT2D eigenvalue weighted by Gasteiger charge is 2.31. The molecule has 0 aromatic heterocycles. The van der Waals surface area contributed by atoms with Crippen LogP contribution in [-0.4, -0.2) is 17.0 Å². The van der Waals surface area contributed by atoms with E-state index in [1.165, 1.54) is 4.90 Å². The Bertz CT molecular complexity index is 610. The molecule has 1 N–H and O–H groups in total. The topological polar surface area (TPSA) is 57.6 Å². The van der Waals surface area contributed by atoms with Crippen LogP contribution >= 0.6 is 0 Å². The average molecular weight is 283 g/mol. The number of nitrogens with zero attached hydrogens (tertiary/aromatic N) is 1. The largest absolute Gasteiger partial charge is 0.479 e. The number of carboxylic acids is 1. The minimum Gasteiger partial charge on any atom is -0.479 e. The fourth-order valence-electron chi connectivity index (χ4n) is 2.23. The predicted octanol–water partition coefficient (Wildman–Crippen LogP) is 3.26. The van der Waals surface area contributed by atoms with Gasteiger partial charge in [0.15, 0.2) is 6.04 Å². The highest BCUT2D eigenvalue weighted by Crippen LogP contribution is 2.28. The zero-order valence-corrected chi connectivity index (χ0v) is 11.8. The first-order valence-corrected chi connectivity index (χ1v) is 6.80. The van der Waals surface area contributed by atoms with Crippen molar-refractivity contribution in [3.05, 3.63) is 66.2 Å². The second kappa shape index (κ2) is 6.70. The second-order valence-electron chi connectivity index (χ2n) is 4.60. The number of benzene rings is 2. The summed E-state index contributed by atoms with van der Waals surface area (Å²) >= 11 is 0. The van der Waals surface area contributed by atoms with Crippen molar-refractivity contribution < 1.29 is 14.7 Å². The molecule has 4 nitrogen and oxygen atoms in total. The SMILES string of the molecule is CCC(=O)N(c1ccccc1)C(C(=O)O)c1ccccc1. The lowest BCUT2D eigenvalue weighted by Crippen LogP contribution is -2.38. The predicted molar refractivity (Wildman–Crippen MR) is 81.0 cm³/mol. The minimum atomic E-state index is -1.05. The van der Waals surface area contributed by atoms with Gasteiger partial charge in [-0.2, -0.15) is 0 Å². The highest BCUT2D eigenvalue weighted by atomic mass is 16.4. The summed E-state index contributed by atoms with van der Waals surface area (Å²) in [4.78, 5) is 25.4. The van der Waals surface area contributed by atoms with Gasteiger partial charge in [-0.25, -0.2) is 4.79 Å². The van der Waals surface area contributed by atoms with Crippen LogP contribution in [0.25, 0.3) is 0 Å². The maximum absolute atomic E-state index is 12.3. The van der Waals surface area contributed by atoms with Crippen molar-refractivity contribution >= 4 is 17.6 Å². The Kier molecular flexibility index (Phi) is 4.72. The number of hydrogen-bond acceptors (Lipinski definition) is 2. The van der Waals surface area contributed by atoms with Crippen LogP contribution < -0.4 is 4.90 Å². The number of anilines is 1. The number of para-hydroxylation sites is 1. The van der Waals surface area contributed by atoms with E-state index in [2.05, 4.69) is 0 Å². The maximum Gasteiger partial charge on any atom is 0.331 e. The van der Waals surface area contributed by atoms with Gasteiger partial charge in [0.2, 0.25) is 5.91 Å². The number of rotatable bonds is 5. The Morgan fingerprint density at radius 1 is 1.00 bits per heavy atom. The summed E-state index contributed by atoms with van der Waals surface area (Å²) in [5, 5.41) is 9.61. The molecule has 21 heavy (non-hydrogen) atoms. The van der Waals surface area contributed by atoms with Crippen molar-refractivity contribution in [3.63, 3.8) is 0 Å². The van der Waals surface area contributed by atoms with Crippen molar-refractivity contribution in [3.8, 4) is 0 Å². The summed E-state index contributed by atoms with van der Waals surface area (Å²) in [5.74, 6) is -1.27. The molecule has 1 atom stereocenters. The Balaban J connectivity index is 2.52. The number of amides is 1. The van der Waals surface area contributed by atoms with E-state index in [4.69, 9.17) is 0 Å². The minimum absolute atomic E-state index is 0.225. The van der Waals surface area contributed by atoms with Crippen molar-refractivity contribution in [1.29, 1.82) is 0 Å². The van der Waals surface area contributed by atoms with Crippen molar-refractivity contribution in [2.45, 2.75) is 19.4 Å². The Labute approximate surface area is 123 Å². The number of aliphatic carboxylic acids is 1. The number of hydrogen-bond donors (Lipinski definition) is 1. The standard InChI is InChI=1S/C17H17NO3/c1-2-15(19)18(14-11-7-4-8-12-14)16(17(20)21)13-9-5-3-6-10-13/h3-12,16H,2H2,1H3,(H,20,21). The monoisotopic (exact) mass is 283 g/mol. The van der Waals surface area contributed by atoms with Crippen LogP contribution in [0.15, 0.2) is 60.7 Å². The molecular formula is C17H17NO3. The van der Waals surface area contributed by atoms with Gasteiger partial charge in [0.05, 0.1) is 0 Å². The molecule has 108 valence electrons. The van der Waals surface area contributed by atoms with Gasteiger partial charge in [0.25, 0.3) is 0 Å². The number of carbonyl (C=O) groups is 2. The summed E-state index contributed by atoms with van der Waals surface area (Å²) in [7, 11) is 0. The lowest BCUT2D eigenvalue weighted by Gasteiger charge is -2.29. The van der Waals surface area contributed by atoms with Crippen LogP contribution in [-0.2, 0) is 9.59 Å². The molecular weight excluding hydrogens is 266 g/mol. The van der Waals surface area contributed by atoms with Crippen molar-refractivity contribution in [1.82, 2.24) is 0 Å². The second-order valence-corrected chi connectivity index (χ2v) is 4.60. The van der Waals surface area contributed by atoms with Gasteiger partial charge < -0.3 is 5.11 Å². The van der Waals surface area contributed by atoms with Gasteiger partial charge >= 0.3 is 5.97 Å². The molecule has 0 aliphatic carbocycles. The number of carbonyl (C=O) groups excluding carboxylic acids is 1. The van der Waals surface area contributed by atoms with Crippen molar-refractivity contribution in [2.75, 3.05) is 4.90 Å². The van der Waals surface area contributed by atoms with E-state index in [0.717, 1.165) is 0 Å². The van der Waals surface area contributed by atoms with Crippen LogP contribution in [0, 0.1) is 0 Å². The lowest BCUT2D eigenvalue weighted by molar-refractivity contribution is -0.140. The molecule has 1 amide bonds. The summed E-state index contributed by atoms with van der Waals surface area (Å²) in [6.45, 7) is 1.72. The van der Waals surface area contributed by atoms with E-state index in [1.807, 2.05) is 12.1 Å². The van der Waals surface area contributed by atoms with Crippen molar-refractivity contribution in [2.24, 2.45) is 0 Å². The summed E-state index contributed by atoms with van der Waals surface area (Å²) in [5.41, 5.74) is 1.16. The molecule has 0 fully saturated rings. The summed E-state index contributed by atoms with van der Waals surface area (Å²) < 4.78 is 0. The van der Waals surface area contributed by atoms with E-state index >= 15 is 0 Å². The van der Waals surface area contributed by atoms with Crippen LogP contribution in [0.2, 0.25) is 0 Å². The van der Waals surface area contributed by atoms with E-state index < -0.39 is 12.0 Å². The summed E-state index contributed by atoms with van der Waals surface area (Å²) in [6.07, 6.45) is 0.242. The van der Waals surface area contributed by atoms with Gasteiger partial charge in [-0.15, -0.1) is 0 Å². The smallest absolute Gasteiger partial charge is 0.331 e. The Morgan fingerprint density at radius 3 is 2.00 bits per heavy atom. The third-order valence-corrected chi connectivity index (χ3v) is 3.21. The van der Waals surface area contributed by atoms with E-state index in [9.17, 15) is 14.7 Å². The molecule has 0 saturated heterocycles. The molecule has 1 unspecified atom stereocenters. The first-order valence-electron chi connectivity index (χ1n) is 6.80. The molecule has 0 spiro atoms. The first kappa shape index (κ1) is 14.8. The average Bonchev–Trinajstić information content (AvgIpc) is 2.53. The molecule has 4 heteroatoms. The maximum atomic E-state index is 12.3. The van der Waals surface area contributed by atoms with E-state index in [1.54, 1.807) is 55.5 Å². The molecule has 0 saturated carbocycles. The van der Waals surface area contributed by atoms with Crippen LogP contribution in [0.5, 0.6) is 0 Å². The number of carboxylic acid groups (broad SMARTS) is 1. The van der Waals surface area contributed by atoms with E-state index in [0.29, 0.717) is 11.3 Å². The fraction of sp³-hybridized carbons (Fsp3) is 0.176. The molecule has 0 heterocycles. The molecule has 0 aliphatic rings. The van der Waals surface area contributed by atoms with Gasteiger partial charge in [-0.05, 0) is 17.7 Å². The normalized spacial score (nSPS) is 11.7. The van der Waals surface area contributed by atoms with Gasteiger partial charge in [-0.1, -0.05) is 55.5 Å². The molecule has 0 aliphatic heterocycles. The molecule has 2 rings (SSSR count). The highest BCUT2D eigenvalue weighted by molar-refractivity contribution is 5.99. The Morgan fingerprint density at radius 2 is 1.52 bits per heavy atom.